The Hall–Kier alpha value is -1.78. The van der Waals surface area contributed by atoms with E-state index in [0.29, 0.717) is 5.25 Å². The largest absolute Gasteiger partial charge is 0.276 e. The van der Waals surface area contributed by atoms with Crippen LogP contribution in [0.3, 0.4) is 0 Å². The van der Waals surface area contributed by atoms with Crippen LogP contribution in [-0.4, -0.2) is 20.4 Å². The molecule has 3 nitrogen and oxygen atoms in total. The summed E-state index contributed by atoms with van der Waals surface area (Å²) in [5, 5.41) is 9.89. The fourth-order valence-corrected chi connectivity index (χ4v) is 3.25. The van der Waals surface area contributed by atoms with Crippen LogP contribution in [0.2, 0.25) is 5.02 Å². The number of halogens is 1. The van der Waals surface area contributed by atoms with E-state index in [1.54, 1.807) is 24.2 Å². The summed E-state index contributed by atoms with van der Waals surface area (Å²) in [7, 11) is 0. The number of thioether (sulfide) groups is 1. The van der Waals surface area contributed by atoms with Crippen molar-refractivity contribution < 1.29 is 0 Å². The highest BCUT2D eigenvalue weighted by molar-refractivity contribution is 7.99. The quantitative estimate of drug-likeness (QED) is 0.661. The van der Waals surface area contributed by atoms with E-state index in [1.807, 2.05) is 36.4 Å². The van der Waals surface area contributed by atoms with E-state index >= 15 is 0 Å². The fourth-order valence-electron chi connectivity index (χ4n) is 2.25. The lowest BCUT2D eigenvalue weighted by molar-refractivity contribution is 0.995. The van der Waals surface area contributed by atoms with Gasteiger partial charge in [-0.15, -0.1) is 11.8 Å². The molecule has 1 N–H and O–H groups in total. The minimum atomic E-state index is 0.460. The van der Waals surface area contributed by atoms with Crippen LogP contribution in [0.4, 0.5) is 0 Å². The van der Waals surface area contributed by atoms with Crippen molar-refractivity contribution in [3.05, 3.63) is 53.8 Å². The SMILES string of the molecule is CC(C)Sc1n[nH]c(-c2ccc(Cl)cc2)c1-c1ccncc1. The summed E-state index contributed by atoms with van der Waals surface area (Å²) in [6.45, 7) is 4.33. The lowest BCUT2D eigenvalue weighted by Gasteiger charge is -2.08. The average molecular weight is 330 g/mol. The molecular weight excluding hydrogens is 314 g/mol. The molecule has 3 rings (SSSR count). The zero-order valence-electron chi connectivity index (χ0n) is 12.4. The maximum Gasteiger partial charge on any atom is 0.127 e. The molecule has 0 unspecified atom stereocenters. The lowest BCUT2D eigenvalue weighted by atomic mass is 10.0. The third kappa shape index (κ3) is 3.18. The summed E-state index contributed by atoms with van der Waals surface area (Å²) in [5.41, 5.74) is 4.30. The molecule has 2 heterocycles. The number of nitrogens with one attached hydrogen (secondary N) is 1. The van der Waals surface area contributed by atoms with Gasteiger partial charge >= 0.3 is 0 Å². The summed E-state index contributed by atoms with van der Waals surface area (Å²) >= 11 is 7.74. The van der Waals surface area contributed by atoms with Crippen molar-refractivity contribution in [2.45, 2.75) is 24.1 Å². The van der Waals surface area contributed by atoms with E-state index in [1.165, 1.54) is 0 Å². The number of aromatic nitrogens is 3. The number of H-pyrrole nitrogens is 1. The Morgan fingerprint density at radius 3 is 2.32 bits per heavy atom. The smallest absolute Gasteiger partial charge is 0.127 e. The van der Waals surface area contributed by atoms with Gasteiger partial charge in [0.25, 0.3) is 0 Å². The predicted octanol–water partition coefficient (Wildman–Crippen LogP) is 5.29. The van der Waals surface area contributed by atoms with Gasteiger partial charge in [0.15, 0.2) is 0 Å². The summed E-state index contributed by atoms with van der Waals surface area (Å²) < 4.78 is 0. The number of hydrogen-bond donors (Lipinski definition) is 1. The minimum absolute atomic E-state index is 0.460. The Balaban J connectivity index is 2.14. The Kier molecular flexibility index (Phi) is 4.50. The van der Waals surface area contributed by atoms with Gasteiger partial charge in [0.05, 0.1) is 5.69 Å². The Bertz CT molecular complexity index is 751. The molecule has 3 aromatic rings. The van der Waals surface area contributed by atoms with Crippen LogP contribution in [0, 0.1) is 0 Å². The molecule has 112 valence electrons. The highest BCUT2D eigenvalue weighted by Crippen LogP contribution is 2.39. The molecule has 0 atom stereocenters. The Labute approximate surface area is 139 Å². The van der Waals surface area contributed by atoms with Crippen molar-refractivity contribution in [1.29, 1.82) is 0 Å². The zero-order valence-corrected chi connectivity index (χ0v) is 13.9. The first kappa shape index (κ1) is 15.1. The first-order valence-electron chi connectivity index (χ1n) is 7.06. The molecule has 0 fully saturated rings. The van der Waals surface area contributed by atoms with Gasteiger partial charge in [-0.3, -0.25) is 10.1 Å². The molecule has 0 saturated heterocycles. The number of hydrogen-bond acceptors (Lipinski definition) is 3. The lowest BCUT2D eigenvalue weighted by Crippen LogP contribution is -1.89. The Morgan fingerprint density at radius 2 is 1.68 bits per heavy atom. The highest BCUT2D eigenvalue weighted by atomic mass is 35.5. The molecule has 0 radical (unpaired) electrons. The van der Waals surface area contributed by atoms with Gasteiger partial charge in [0, 0.05) is 33.8 Å². The predicted molar refractivity (Wildman–Crippen MR) is 93.3 cm³/mol. The van der Waals surface area contributed by atoms with E-state index in [2.05, 4.69) is 29.0 Å². The van der Waals surface area contributed by atoms with Gasteiger partial charge in [0.2, 0.25) is 0 Å². The molecule has 22 heavy (non-hydrogen) atoms. The molecule has 0 saturated carbocycles. The van der Waals surface area contributed by atoms with Crippen LogP contribution in [-0.2, 0) is 0 Å². The first-order valence-corrected chi connectivity index (χ1v) is 8.32. The van der Waals surface area contributed by atoms with Gasteiger partial charge < -0.3 is 0 Å². The summed E-state index contributed by atoms with van der Waals surface area (Å²) in [5.74, 6) is 0. The van der Waals surface area contributed by atoms with Crippen LogP contribution < -0.4 is 0 Å². The number of rotatable bonds is 4. The minimum Gasteiger partial charge on any atom is -0.276 e. The van der Waals surface area contributed by atoms with Crippen LogP contribution in [0.25, 0.3) is 22.4 Å². The van der Waals surface area contributed by atoms with Crippen LogP contribution in [0.5, 0.6) is 0 Å². The van der Waals surface area contributed by atoms with Crippen LogP contribution >= 0.6 is 23.4 Å². The van der Waals surface area contributed by atoms with Crippen molar-refractivity contribution >= 4 is 23.4 Å². The highest BCUT2D eigenvalue weighted by Gasteiger charge is 2.18. The number of benzene rings is 1. The van der Waals surface area contributed by atoms with E-state index in [9.17, 15) is 0 Å². The third-order valence-electron chi connectivity index (χ3n) is 3.18. The molecule has 2 aromatic heterocycles. The van der Waals surface area contributed by atoms with Gasteiger partial charge in [0.1, 0.15) is 5.03 Å². The van der Waals surface area contributed by atoms with Crippen LogP contribution in [0.1, 0.15) is 13.8 Å². The summed E-state index contributed by atoms with van der Waals surface area (Å²) in [4.78, 5) is 4.11. The van der Waals surface area contributed by atoms with Crippen molar-refractivity contribution in [2.75, 3.05) is 0 Å². The maximum absolute atomic E-state index is 5.99. The Morgan fingerprint density at radius 1 is 1.00 bits per heavy atom. The average Bonchev–Trinajstić information content (AvgIpc) is 2.91. The standard InChI is InChI=1S/C17H16ClN3S/c1-11(2)22-17-15(12-7-9-19-10-8-12)16(20-21-17)13-3-5-14(18)6-4-13/h3-11H,1-2H3,(H,20,21). The maximum atomic E-state index is 5.99. The molecule has 0 aliphatic rings. The van der Waals surface area contributed by atoms with Gasteiger partial charge in [-0.2, -0.15) is 5.10 Å². The third-order valence-corrected chi connectivity index (χ3v) is 4.42. The van der Waals surface area contributed by atoms with Crippen molar-refractivity contribution in [3.8, 4) is 22.4 Å². The molecule has 0 spiro atoms. The molecule has 0 aliphatic heterocycles. The number of nitrogens with zero attached hydrogens (tertiary/aromatic N) is 2. The molecule has 0 aliphatic carbocycles. The summed E-state index contributed by atoms with van der Waals surface area (Å²) in [6.07, 6.45) is 3.61. The van der Waals surface area contributed by atoms with Crippen molar-refractivity contribution in [3.63, 3.8) is 0 Å². The molecule has 1 aromatic carbocycles. The van der Waals surface area contributed by atoms with Crippen molar-refractivity contribution in [2.24, 2.45) is 0 Å². The monoisotopic (exact) mass is 329 g/mol. The molecular formula is C17H16ClN3S. The fraction of sp³-hybridized carbons (Fsp3) is 0.176. The van der Waals surface area contributed by atoms with Gasteiger partial charge in [-0.25, -0.2) is 0 Å². The molecule has 0 bridgehead atoms. The topological polar surface area (TPSA) is 41.6 Å². The van der Waals surface area contributed by atoms with Gasteiger partial charge in [-0.1, -0.05) is 37.6 Å². The van der Waals surface area contributed by atoms with E-state index < -0.39 is 0 Å². The van der Waals surface area contributed by atoms with E-state index in [-0.39, 0.29) is 0 Å². The van der Waals surface area contributed by atoms with E-state index in [4.69, 9.17) is 11.6 Å². The molecule has 0 amide bonds. The number of aromatic amines is 1. The normalized spacial score (nSPS) is 11.1. The number of pyridine rings is 1. The summed E-state index contributed by atoms with van der Waals surface area (Å²) in [6, 6.07) is 11.8. The van der Waals surface area contributed by atoms with Gasteiger partial charge in [-0.05, 0) is 29.8 Å². The van der Waals surface area contributed by atoms with E-state index in [0.717, 1.165) is 32.4 Å². The second kappa shape index (κ2) is 6.55. The second-order valence-corrected chi connectivity index (χ2v) is 7.19. The second-order valence-electron chi connectivity index (χ2n) is 5.19. The zero-order chi connectivity index (χ0) is 15.5. The van der Waals surface area contributed by atoms with Crippen LogP contribution in [0.15, 0.2) is 53.8 Å². The van der Waals surface area contributed by atoms with Crippen molar-refractivity contribution in [1.82, 2.24) is 15.2 Å². The first-order chi connectivity index (χ1) is 10.6. The molecule has 5 heteroatoms.